The Balaban J connectivity index is 0.00000121. The SMILES string of the molecule is C=CC.CC/C(=C\C=NC)C(=O)CCC(C)c1ccc(-c2nc3ccccc3s2)cc1.[HH]. The first kappa shape index (κ1) is 24.4. The van der Waals surface area contributed by atoms with Crippen LogP contribution in [0.25, 0.3) is 20.8 Å². The number of para-hydroxylation sites is 1. The molecule has 0 fully saturated rings. The molecular formula is C27H34N2OS. The number of nitrogens with zero attached hydrogens (tertiary/aromatic N) is 2. The Hall–Kier alpha value is -2.85. The molecule has 1 unspecified atom stereocenters. The number of Topliss-reactive ketones (excluding diaryl/α,β-unsaturated/α-hetero) is 1. The summed E-state index contributed by atoms with van der Waals surface area (Å²) in [4.78, 5) is 21.1. The number of ketones is 1. The fourth-order valence-corrected chi connectivity index (χ4v) is 4.17. The summed E-state index contributed by atoms with van der Waals surface area (Å²) < 4.78 is 1.21. The zero-order chi connectivity index (χ0) is 22.6. The lowest BCUT2D eigenvalue weighted by molar-refractivity contribution is -0.115. The van der Waals surface area contributed by atoms with Crippen molar-refractivity contribution in [2.45, 2.75) is 46.0 Å². The number of hydrogen-bond donors (Lipinski definition) is 0. The van der Waals surface area contributed by atoms with E-state index in [1.54, 1.807) is 30.7 Å². The van der Waals surface area contributed by atoms with Gasteiger partial charge in [-0.1, -0.05) is 56.3 Å². The summed E-state index contributed by atoms with van der Waals surface area (Å²) in [6.45, 7) is 9.44. The fraction of sp³-hybridized carbons (Fsp3) is 0.296. The topological polar surface area (TPSA) is 42.3 Å². The van der Waals surface area contributed by atoms with Crippen LogP contribution in [0.1, 0.15) is 52.9 Å². The van der Waals surface area contributed by atoms with Crippen LogP contribution in [0.3, 0.4) is 0 Å². The zero-order valence-corrected chi connectivity index (χ0v) is 19.8. The van der Waals surface area contributed by atoms with Crippen LogP contribution in [0, 0.1) is 0 Å². The first-order valence-electron chi connectivity index (χ1n) is 10.7. The van der Waals surface area contributed by atoms with Gasteiger partial charge in [-0.2, -0.15) is 0 Å². The van der Waals surface area contributed by atoms with Gasteiger partial charge in [0.15, 0.2) is 5.78 Å². The van der Waals surface area contributed by atoms with E-state index in [4.69, 9.17) is 4.98 Å². The predicted octanol–water partition coefficient (Wildman–Crippen LogP) is 7.89. The van der Waals surface area contributed by atoms with Gasteiger partial charge in [0.1, 0.15) is 5.01 Å². The Morgan fingerprint density at radius 3 is 2.52 bits per heavy atom. The molecule has 0 radical (unpaired) electrons. The molecule has 0 spiro atoms. The molecular weight excluding hydrogens is 400 g/mol. The molecule has 0 aliphatic heterocycles. The van der Waals surface area contributed by atoms with Gasteiger partial charge in [-0.05, 0) is 55.0 Å². The molecule has 1 atom stereocenters. The maximum absolute atomic E-state index is 12.4. The number of carbonyl (C=O) groups is 1. The van der Waals surface area contributed by atoms with Gasteiger partial charge in [0.25, 0.3) is 0 Å². The van der Waals surface area contributed by atoms with E-state index in [9.17, 15) is 4.79 Å². The van der Waals surface area contributed by atoms with Crippen LogP contribution in [-0.2, 0) is 4.79 Å². The third-order valence-electron chi connectivity index (χ3n) is 4.99. The maximum atomic E-state index is 12.4. The summed E-state index contributed by atoms with van der Waals surface area (Å²) in [5.41, 5.74) is 4.30. The Kier molecular flexibility index (Phi) is 10.0. The molecule has 0 aliphatic rings. The van der Waals surface area contributed by atoms with Crippen LogP contribution in [0.15, 0.2) is 77.8 Å². The summed E-state index contributed by atoms with van der Waals surface area (Å²) in [6.07, 6.45) is 7.44. The number of rotatable bonds is 8. The van der Waals surface area contributed by atoms with Crippen molar-refractivity contribution in [3.63, 3.8) is 0 Å². The molecule has 0 saturated carbocycles. The van der Waals surface area contributed by atoms with Crippen molar-refractivity contribution in [1.82, 2.24) is 4.98 Å². The molecule has 4 heteroatoms. The molecule has 3 nitrogen and oxygen atoms in total. The summed E-state index contributed by atoms with van der Waals surface area (Å²) in [5.74, 6) is 0.562. The van der Waals surface area contributed by atoms with Gasteiger partial charge in [0, 0.05) is 26.7 Å². The van der Waals surface area contributed by atoms with Gasteiger partial charge >= 0.3 is 0 Å². The van der Waals surface area contributed by atoms with Crippen LogP contribution in [0.2, 0.25) is 0 Å². The number of carbonyl (C=O) groups excluding carboxylic acids is 1. The molecule has 0 bridgehead atoms. The Morgan fingerprint density at radius 1 is 1.23 bits per heavy atom. The largest absolute Gasteiger partial charge is 0.297 e. The molecule has 0 amide bonds. The average Bonchev–Trinajstić information content (AvgIpc) is 3.23. The smallest absolute Gasteiger partial charge is 0.158 e. The Morgan fingerprint density at radius 2 is 1.90 bits per heavy atom. The van der Waals surface area contributed by atoms with Gasteiger partial charge in [-0.25, -0.2) is 4.98 Å². The summed E-state index contributed by atoms with van der Waals surface area (Å²) in [6, 6.07) is 16.8. The van der Waals surface area contributed by atoms with Crippen molar-refractivity contribution >= 4 is 33.6 Å². The van der Waals surface area contributed by atoms with Crippen molar-refractivity contribution < 1.29 is 6.22 Å². The monoisotopic (exact) mass is 434 g/mol. The Labute approximate surface area is 191 Å². The minimum Gasteiger partial charge on any atom is -0.297 e. The van der Waals surface area contributed by atoms with E-state index in [2.05, 4.69) is 48.8 Å². The minimum absolute atomic E-state index is 0. The highest BCUT2D eigenvalue weighted by atomic mass is 32.1. The van der Waals surface area contributed by atoms with Crippen LogP contribution in [-0.4, -0.2) is 24.0 Å². The molecule has 2 aromatic carbocycles. The van der Waals surface area contributed by atoms with Gasteiger partial charge in [-0.3, -0.25) is 9.79 Å². The fourth-order valence-electron chi connectivity index (χ4n) is 3.20. The van der Waals surface area contributed by atoms with E-state index < -0.39 is 0 Å². The predicted molar refractivity (Wildman–Crippen MR) is 138 cm³/mol. The normalized spacial score (nSPS) is 12.5. The quantitative estimate of drug-likeness (QED) is 0.205. The van der Waals surface area contributed by atoms with Crippen molar-refractivity contribution in [2.24, 2.45) is 4.99 Å². The van der Waals surface area contributed by atoms with Gasteiger partial charge in [-0.15, -0.1) is 17.9 Å². The van der Waals surface area contributed by atoms with Crippen LogP contribution >= 0.6 is 11.3 Å². The average molecular weight is 435 g/mol. The number of aromatic nitrogens is 1. The van der Waals surface area contributed by atoms with Crippen molar-refractivity contribution in [2.75, 3.05) is 7.05 Å². The molecule has 3 rings (SSSR count). The number of aliphatic imine (C=N–C) groups is 1. The van der Waals surface area contributed by atoms with Crippen molar-refractivity contribution in [1.29, 1.82) is 0 Å². The lowest BCUT2D eigenvalue weighted by atomic mass is 9.92. The molecule has 31 heavy (non-hydrogen) atoms. The molecule has 0 saturated heterocycles. The van der Waals surface area contributed by atoms with Crippen molar-refractivity contribution in [3.05, 3.63) is 78.4 Å². The minimum atomic E-state index is 0. The summed E-state index contributed by atoms with van der Waals surface area (Å²) >= 11 is 1.72. The highest BCUT2D eigenvalue weighted by Gasteiger charge is 2.12. The molecule has 1 heterocycles. The lowest BCUT2D eigenvalue weighted by Crippen LogP contribution is -2.05. The molecule has 0 N–H and O–H groups in total. The van der Waals surface area contributed by atoms with Crippen LogP contribution in [0.4, 0.5) is 0 Å². The highest BCUT2D eigenvalue weighted by molar-refractivity contribution is 7.21. The summed E-state index contributed by atoms with van der Waals surface area (Å²) in [7, 11) is 1.72. The number of benzene rings is 2. The van der Waals surface area contributed by atoms with E-state index in [1.165, 1.54) is 10.3 Å². The number of fused-ring (bicyclic) bond motifs is 1. The first-order valence-corrected chi connectivity index (χ1v) is 11.5. The van der Waals surface area contributed by atoms with E-state index in [1.807, 2.05) is 38.1 Å². The standard InChI is InChI=1S/C24H26N2OS.C3H6.H2/c1-4-18(15-16-25-3)22(27)14-9-17(2)19-10-12-20(13-11-19)24-26-21-7-5-6-8-23(21)28-24;1-3-2;/h5-8,10-13,15-17H,4,9,14H2,1-3H3;3H,1H2,2H3;1H/b18-15+,25-16?;;. The van der Waals surface area contributed by atoms with Gasteiger partial charge < -0.3 is 0 Å². The Bertz CT molecular complexity index is 1020. The molecule has 3 aromatic rings. The highest BCUT2D eigenvalue weighted by Crippen LogP contribution is 2.31. The third-order valence-corrected chi connectivity index (χ3v) is 6.07. The number of allylic oxidation sites excluding steroid dienone is 3. The molecule has 164 valence electrons. The number of hydrogen-bond acceptors (Lipinski definition) is 4. The summed E-state index contributed by atoms with van der Waals surface area (Å²) in [5, 5.41) is 1.05. The lowest BCUT2D eigenvalue weighted by Gasteiger charge is -2.12. The van der Waals surface area contributed by atoms with E-state index in [0.29, 0.717) is 12.3 Å². The second kappa shape index (κ2) is 12.8. The first-order chi connectivity index (χ1) is 15.0. The molecule has 1 aromatic heterocycles. The van der Waals surface area contributed by atoms with Crippen LogP contribution < -0.4 is 0 Å². The van der Waals surface area contributed by atoms with E-state index >= 15 is 0 Å². The maximum Gasteiger partial charge on any atom is 0.158 e. The second-order valence-corrected chi connectivity index (χ2v) is 8.36. The number of thiazole rings is 1. The van der Waals surface area contributed by atoms with Gasteiger partial charge in [0.05, 0.1) is 10.2 Å². The van der Waals surface area contributed by atoms with E-state index in [-0.39, 0.29) is 7.21 Å². The van der Waals surface area contributed by atoms with E-state index in [0.717, 1.165) is 34.5 Å². The van der Waals surface area contributed by atoms with Crippen molar-refractivity contribution in [3.8, 4) is 10.6 Å². The second-order valence-electron chi connectivity index (χ2n) is 7.33. The van der Waals surface area contributed by atoms with Crippen LogP contribution in [0.5, 0.6) is 0 Å². The third kappa shape index (κ3) is 7.11. The zero-order valence-electron chi connectivity index (χ0n) is 19.0. The van der Waals surface area contributed by atoms with Gasteiger partial charge in [0.2, 0.25) is 0 Å². The molecule has 0 aliphatic carbocycles.